The van der Waals surface area contributed by atoms with Crippen molar-refractivity contribution in [2.24, 2.45) is 0 Å². The van der Waals surface area contributed by atoms with Gasteiger partial charge in [0.25, 0.3) is 5.56 Å². The Morgan fingerprint density at radius 3 is 2.62 bits per heavy atom. The van der Waals surface area contributed by atoms with Gasteiger partial charge in [-0.25, -0.2) is 0 Å². The third kappa shape index (κ3) is 3.52. The molecule has 2 rings (SSSR count). The molecule has 0 unspecified atom stereocenters. The van der Waals surface area contributed by atoms with Gasteiger partial charge in [-0.1, -0.05) is 6.07 Å². The molecule has 0 aliphatic heterocycles. The van der Waals surface area contributed by atoms with Crippen LogP contribution in [-0.4, -0.2) is 23.7 Å². The Bertz CT molecular complexity index is 749. The van der Waals surface area contributed by atoms with Gasteiger partial charge in [0.2, 0.25) is 0 Å². The van der Waals surface area contributed by atoms with Gasteiger partial charge < -0.3 is 14.5 Å². The molecule has 0 aliphatic carbocycles. The van der Waals surface area contributed by atoms with Crippen LogP contribution in [0.2, 0.25) is 0 Å². The van der Waals surface area contributed by atoms with Crippen molar-refractivity contribution >= 4 is 12.2 Å². The predicted molar refractivity (Wildman–Crippen MR) is 84.0 cm³/mol. The van der Waals surface area contributed by atoms with Crippen molar-refractivity contribution < 1.29 is 9.47 Å². The van der Waals surface area contributed by atoms with E-state index in [9.17, 15) is 4.79 Å². The molecule has 1 aromatic heterocycles. The first-order valence-electron chi connectivity index (χ1n) is 6.67. The summed E-state index contributed by atoms with van der Waals surface area (Å²) in [5.41, 5.74) is 2.25. The standard InChI is InChI=1S/C15H18N2O3S/c1-4-20-13-8-10(5-6-12(13)19-3)7-11-9(2)16-15(21)17-14(11)18/h5-6,8H,4,7H2,1-3H3,(H2,16,17,18,21). The number of aryl methyl sites for hydroxylation is 1. The Morgan fingerprint density at radius 2 is 2.00 bits per heavy atom. The van der Waals surface area contributed by atoms with Gasteiger partial charge >= 0.3 is 0 Å². The molecule has 0 fully saturated rings. The molecule has 2 N–H and O–H groups in total. The molecule has 0 amide bonds. The zero-order valence-electron chi connectivity index (χ0n) is 12.3. The molecule has 1 aromatic carbocycles. The third-order valence-electron chi connectivity index (χ3n) is 3.16. The van der Waals surface area contributed by atoms with E-state index in [1.54, 1.807) is 7.11 Å². The fraction of sp³-hybridized carbons (Fsp3) is 0.333. The molecule has 6 heteroatoms. The van der Waals surface area contributed by atoms with Gasteiger partial charge in [0, 0.05) is 17.7 Å². The summed E-state index contributed by atoms with van der Waals surface area (Å²) < 4.78 is 11.1. The number of rotatable bonds is 5. The van der Waals surface area contributed by atoms with Gasteiger partial charge in [0.1, 0.15) is 0 Å². The van der Waals surface area contributed by atoms with Crippen LogP contribution in [-0.2, 0) is 6.42 Å². The number of nitrogens with one attached hydrogen (secondary N) is 2. The van der Waals surface area contributed by atoms with Crippen molar-refractivity contribution in [1.29, 1.82) is 0 Å². The lowest BCUT2D eigenvalue weighted by molar-refractivity contribution is 0.310. The molecule has 0 aliphatic rings. The Morgan fingerprint density at radius 1 is 1.24 bits per heavy atom. The van der Waals surface area contributed by atoms with Crippen molar-refractivity contribution in [3.05, 3.63) is 50.1 Å². The maximum Gasteiger partial charge on any atom is 0.255 e. The second-order valence-corrected chi connectivity index (χ2v) is 5.02. The first-order chi connectivity index (χ1) is 10.0. The maximum absolute atomic E-state index is 12.0. The quantitative estimate of drug-likeness (QED) is 0.834. The first kappa shape index (κ1) is 15.3. The van der Waals surface area contributed by atoms with E-state index in [1.165, 1.54) is 0 Å². The maximum atomic E-state index is 12.0. The van der Waals surface area contributed by atoms with E-state index < -0.39 is 0 Å². The minimum atomic E-state index is -0.162. The monoisotopic (exact) mass is 306 g/mol. The van der Waals surface area contributed by atoms with E-state index >= 15 is 0 Å². The fourth-order valence-electron chi connectivity index (χ4n) is 2.14. The number of aromatic amines is 2. The van der Waals surface area contributed by atoms with Crippen LogP contribution in [0.5, 0.6) is 11.5 Å². The summed E-state index contributed by atoms with van der Waals surface area (Å²) in [4.78, 5) is 17.6. The first-order valence-corrected chi connectivity index (χ1v) is 7.07. The highest BCUT2D eigenvalue weighted by Crippen LogP contribution is 2.28. The van der Waals surface area contributed by atoms with E-state index in [4.69, 9.17) is 21.7 Å². The lowest BCUT2D eigenvalue weighted by Gasteiger charge is -2.11. The normalized spacial score (nSPS) is 10.4. The SMILES string of the molecule is CCOc1cc(Cc2c(C)[nH]c(=S)[nH]c2=O)ccc1OC. The van der Waals surface area contributed by atoms with Gasteiger partial charge in [0.15, 0.2) is 16.3 Å². The summed E-state index contributed by atoms with van der Waals surface area (Å²) in [5, 5.41) is 0. The van der Waals surface area contributed by atoms with Crippen molar-refractivity contribution in [3.8, 4) is 11.5 Å². The smallest absolute Gasteiger partial charge is 0.255 e. The molecule has 21 heavy (non-hydrogen) atoms. The largest absolute Gasteiger partial charge is 0.493 e. The van der Waals surface area contributed by atoms with Gasteiger partial charge in [-0.3, -0.25) is 9.78 Å². The summed E-state index contributed by atoms with van der Waals surface area (Å²) in [6.45, 7) is 4.31. The van der Waals surface area contributed by atoms with E-state index in [0.29, 0.717) is 34.9 Å². The van der Waals surface area contributed by atoms with E-state index in [2.05, 4.69) is 9.97 Å². The molecule has 0 radical (unpaired) electrons. The Kier molecular flexibility index (Phi) is 4.80. The zero-order valence-corrected chi connectivity index (χ0v) is 13.1. The molecule has 0 saturated heterocycles. The van der Waals surface area contributed by atoms with Gasteiger partial charge in [-0.15, -0.1) is 0 Å². The van der Waals surface area contributed by atoms with Gasteiger partial charge in [-0.05, 0) is 43.8 Å². The molecular formula is C15H18N2O3S. The van der Waals surface area contributed by atoms with Crippen LogP contribution in [0.4, 0.5) is 0 Å². The number of benzene rings is 1. The van der Waals surface area contributed by atoms with Crippen LogP contribution in [0.25, 0.3) is 0 Å². The summed E-state index contributed by atoms with van der Waals surface area (Å²) in [7, 11) is 1.60. The average molecular weight is 306 g/mol. The Hall–Kier alpha value is -2.08. The third-order valence-corrected chi connectivity index (χ3v) is 3.37. The zero-order chi connectivity index (χ0) is 15.4. The topological polar surface area (TPSA) is 67.1 Å². The molecule has 0 bridgehead atoms. The number of H-pyrrole nitrogens is 2. The molecular weight excluding hydrogens is 288 g/mol. The van der Waals surface area contributed by atoms with Gasteiger partial charge in [-0.2, -0.15) is 0 Å². The van der Waals surface area contributed by atoms with Crippen LogP contribution in [0, 0.1) is 11.7 Å². The Balaban J connectivity index is 2.38. The Labute approximate surface area is 127 Å². The molecule has 0 atom stereocenters. The van der Waals surface area contributed by atoms with Crippen LogP contribution in [0.15, 0.2) is 23.0 Å². The van der Waals surface area contributed by atoms with Crippen LogP contribution < -0.4 is 15.0 Å². The van der Waals surface area contributed by atoms with Crippen LogP contribution >= 0.6 is 12.2 Å². The van der Waals surface area contributed by atoms with Crippen molar-refractivity contribution in [2.45, 2.75) is 20.3 Å². The molecule has 5 nitrogen and oxygen atoms in total. The highest BCUT2D eigenvalue weighted by molar-refractivity contribution is 7.71. The van der Waals surface area contributed by atoms with E-state index in [1.807, 2.05) is 32.0 Å². The summed E-state index contributed by atoms with van der Waals surface area (Å²) in [6, 6.07) is 5.65. The number of ether oxygens (including phenoxy) is 2. The minimum absolute atomic E-state index is 0.162. The minimum Gasteiger partial charge on any atom is -0.493 e. The lowest BCUT2D eigenvalue weighted by atomic mass is 10.0. The predicted octanol–water partition coefficient (Wildman–Crippen LogP) is 2.74. The summed E-state index contributed by atoms with van der Waals surface area (Å²) in [6.07, 6.45) is 0.497. The lowest BCUT2D eigenvalue weighted by Crippen LogP contribution is -2.16. The fourth-order valence-corrected chi connectivity index (χ4v) is 2.39. The second kappa shape index (κ2) is 6.58. The number of methoxy groups -OCH3 is 1. The van der Waals surface area contributed by atoms with Crippen LogP contribution in [0.3, 0.4) is 0 Å². The van der Waals surface area contributed by atoms with Crippen molar-refractivity contribution in [2.75, 3.05) is 13.7 Å². The summed E-state index contributed by atoms with van der Waals surface area (Å²) in [5.74, 6) is 1.36. The average Bonchev–Trinajstić information content (AvgIpc) is 2.43. The van der Waals surface area contributed by atoms with Crippen LogP contribution in [0.1, 0.15) is 23.7 Å². The number of hydrogen-bond donors (Lipinski definition) is 2. The second-order valence-electron chi connectivity index (χ2n) is 4.61. The highest BCUT2D eigenvalue weighted by atomic mass is 32.1. The van der Waals surface area contributed by atoms with Crippen molar-refractivity contribution in [3.63, 3.8) is 0 Å². The number of hydrogen-bond acceptors (Lipinski definition) is 4. The van der Waals surface area contributed by atoms with Gasteiger partial charge in [0.05, 0.1) is 13.7 Å². The highest BCUT2D eigenvalue weighted by Gasteiger charge is 2.10. The molecule has 0 spiro atoms. The van der Waals surface area contributed by atoms with Crippen molar-refractivity contribution in [1.82, 2.24) is 9.97 Å². The van der Waals surface area contributed by atoms with E-state index in [-0.39, 0.29) is 5.56 Å². The molecule has 112 valence electrons. The van der Waals surface area contributed by atoms with E-state index in [0.717, 1.165) is 11.3 Å². The summed E-state index contributed by atoms with van der Waals surface area (Å²) >= 11 is 4.95. The number of aromatic nitrogens is 2. The molecule has 0 saturated carbocycles. The molecule has 2 aromatic rings. The molecule has 1 heterocycles.